The van der Waals surface area contributed by atoms with E-state index < -0.39 is 11.8 Å². The maximum absolute atomic E-state index is 13.5. The monoisotopic (exact) mass is 459 g/mol. The van der Waals surface area contributed by atoms with Gasteiger partial charge in [0.05, 0.1) is 18.7 Å². The molecule has 7 heteroatoms. The minimum Gasteiger partial charge on any atom is -0.394 e. The van der Waals surface area contributed by atoms with Gasteiger partial charge in [-0.3, -0.25) is 4.79 Å². The Morgan fingerprint density at radius 3 is 2.38 bits per heavy atom. The number of aryl methyl sites for hydroxylation is 1. The number of piperazine rings is 1. The van der Waals surface area contributed by atoms with Crippen LogP contribution in [0.15, 0.2) is 72.8 Å². The van der Waals surface area contributed by atoms with E-state index >= 15 is 0 Å². The molecule has 2 saturated heterocycles. The van der Waals surface area contributed by atoms with Gasteiger partial charge >= 0.3 is 6.03 Å². The predicted molar refractivity (Wildman–Crippen MR) is 128 cm³/mol. The summed E-state index contributed by atoms with van der Waals surface area (Å²) in [4.78, 5) is 28.8. The van der Waals surface area contributed by atoms with Crippen LogP contribution in [-0.2, 0) is 4.79 Å². The largest absolute Gasteiger partial charge is 0.394 e. The molecule has 3 amide bonds. The lowest BCUT2D eigenvalue weighted by Crippen LogP contribution is -2.73. The number of urea groups is 1. The molecule has 2 heterocycles. The molecule has 34 heavy (non-hydrogen) atoms. The van der Waals surface area contributed by atoms with Crippen LogP contribution in [-0.4, -0.2) is 58.6 Å². The molecule has 5 rings (SSSR count). The first-order chi connectivity index (χ1) is 16.4. The zero-order chi connectivity index (χ0) is 23.8. The summed E-state index contributed by atoms with van der Waals surface area (Å²) in [5.41, 5.74) is 4.78. The van der Waals surface area contributed by atoms with Crippen molar-refractivity contribution in [2.24, 2.45) is 0 Å². The number of aliphatic hydroxyl groups is 1. The molecule has 6 nitrogen and oxygen atoms in total. The van der Waals surface area contributed by atoms with Crippen LogP contribution in [0.5, 0.6) is 0 Å². The van der Waals surface area contributed by atoms with Gasteiger partial charge in [0, 0.05) is 18.2 Å². The van der Waals surface area contributed by atoms with Crippen molar-refractivity contribution in [3.8, 4) is 11.1 Å². The Bertz CT molecular complexity index is 1210. The lowest BCUT2D eigenvalue weighted by Gasteiger charge is -2.58. The average Bonchev–Trinajstić information content (AvgIpc) is 2.81. The molecule has 0 radical (unpaired) electrons. The van der Waals surface area contributed by atoms with Gasteiger partial charge in [0.1, 0.15) is 12.4 Å². The summed E-state index contributed by atoms with van der Waals surface area (Å²) in [7, 11) is 0. The SMILES string of the molecule is Cc1ccc(-c2ccc([C@@H]3[C@@H](CO)N4C(=O)CN(C(=O)Nc5cccc(F)c5)C[C@H]34)cc2)cc1. The third kappa shape index (κ3) is 4.03. The van der Waals surface area contributed by atoms with Gasteiger partial charge in [0.2, 0.25) is 5.91 Å². The van der Waals surface area contributed by atoms with Crippen molar-refractivity contribution >= 4 is 17.6 Å². The number of hydrogen-bond donors (Lipinski definition) is 2. The van der Waals surface area contributed by atoms with Crippen LogP contribution in [0.25, 0.3) is 11.1 Å². The van der Waals surface area contributed by atoms with Crippen molar-refractivity contribution in [2.45, 2.75) is 24.9 Å². The molecular weight excluding hydrogens is 433 g/mol. The molecule has 2 N–H and O–H groups in total. The highest BCUT2D eigenvalue weighted by molar-refractivity contribution is 5.93. The molecule has 0 saturated carbocycles. The number of benzene rings is 3. The van der Waals surface area contributed by atoms with E-state index in [1.54, 1.807) is 11.0 Å². The Hall–Kier alpha value is -3.71. The number of hydrogen-bond acceptors (Lipinski definition) is 3. The number of carbonyl (C=O) groups is 2. The van der Waals surface area contributed by atoms with Crippen molar-refractivity contribution < 1.29 is 19.1 Å². The molecule has 174 valence electrons. The lowest BCUT2D eigenvalue weighted by atomic mass is 9.73. The van der Waals surface area contributed by atoms with Crippen LogP contribution in [0.3, 0.4) is 0 Å². The van der Waals surface area contributed by atoms with Gasteiger partial charge in [0.15, 0.2) is 0 Å². The van der Waals surface area contributed by atoms with Crippen LogP contribution < -0.4 is 5.32 Å². The molecule has 0 aromatic heterocycles. The maximum atomic E-state index is 13.5. The number of nitrogens with one attached hydrogen (secondary N) is 1. The van der Waals surface area contributed by atoms with Crippen LogP contribution >= 0.6 is 0 Å². The zero-order valence-corrected chi connectivity index (χ0v) is 18.8. The van der Waals surface area contributed by atoms with E-state index in [2.05, 4.69) is 48.6 Å². The molecule has 3 atom stereocenters. The van der Waals surface area contributed by atoms with Crippen LogP contribution in [0.2, 0.25) is 0 Å². The molecule has 0 aliphatic carbocycles. The second-order valence-electron chi connectivity index (χ2n) is 8.95. The Kier molecular flexibility index (Phi) is 5.79. The normalized spacial score (nSPS) is 21.6. The fourth-order valence-electron chi connectivity index (χ4n) is 5.07. The highest BCUT2D eigenvalue weighted by Gasteiger charge is 2.54. The van der Waals surface area contributed by atoms with Crippen molar-refractivity contribution in [3.63, 3.8) is 0 Å². The van der Waals surface area contributed by atoms with Crippen molar-refractivity contribution in [1.82, 2.24) is 9.80 Å². The molecular formula is C27H26FN3O3. The summed E-state index contributed by atoms with van der Waals surface area (Å²) in [5.74, 6) is -0.722. The number of rotatable bonds is 4. The third-order valence-corrected chi connectivity index (χ3v) is 6.80. The minimum atomic E-state index is -0.447. The van der Waals surface area contributed by atoms with Crippen LogP contribution in [0.4, 0.5) is 14.9 Å². The molecule has 3 aromatic carbocycles. The molecule has 0 spiro atoms. The standard InChI is InChI=1S/C27H26FN3O3/c1-17-5-7-18(8-6-17)19-9-11-20(12-10-19)26-23-14-30(15-25(33)31(23)24(26)16-32)27(34)29-22-4-2-3-21(28)13-22/h2-13,23-24,26,32H,14-16H2,1H3,(H,29,34)/t23-,24-,26+/m1/s1. The van der Waals surface area contributed by atoms with E-state index in [0.717, 1.165) is 16.7 Å². The second kappa shape index (κ2) is 8.91. The number of aliphatic hydroxyl groups excluding tert-OH is 1. The van der Waals surface area contributed by atoms with Gasteiger partial charge < -0.3 is 20.2 Å². The first kappa shape index (κ1) is 22.1. The van der Waals surface area contributed by atoms with Gasteiger partial charge in [-0.1, -0.05) is 60.2 Å². The van der Waals surface area contributed by atoms with E-state index in [-0.39, 0.29) is 37.1 Å². The molecule has 0 unspecified atom stereocenters. The van der Waals surface area contributed by atoms with E-state index in [1.807, 2.05) is 12.1 Å². The zero-order valence-electron chi connectivity index (χ0n) is 18.8. The summed E-state index contributed by atoms with van der Waals surface area (Å²) in [6.45, 7) is 2.18. The average molecular weight is 460 g/mol. The Morgan fingerprint density at radius 1 is 1.06 bits per heavy atom. The van der Waals surface area contributed by atoms with E-state index in [1.165, 1.54) is 28.7 Å². The first-order valence-electron chi connectivity index (χ1n) is 11.3. The molecule has 2 aliphatic rings. The van der Waals surface area contributed by atoms with Crippen molar-refractivity contribution in [2.75, 3.05) is 25.0 Å². The summed E-state index contributed by atoms with van der Waals surface area (Å²) in [5, 5.41) is 12.7. The van der Waals surface area contributed by atoms with E-state index in [4.69, 9.17) is 0 Å². The third-order valence-electron chi connectivity index (χ3n) is 6.80. The number of amides is 3. The van der Waals surface area contributed by atoms with E-state index in [9.17, 15) is 19.1 Å². The fourth-order valence-corrected chi connectivity index (χ4v) is 5.07. The topological polar surface area (TPSA) is 72.9 Å². The number of anilines is 1. The van der Waals surface area contributed by atoms with Crippen LogP contribution in [0.1, 0.15) is 17.0 Å². The Balaban J connectivity index is 1.34. The smallest absolute Gasteiger partial charge is 0.322 e. The Morgan fingerprint density at radius 2 is 1.74 bits per heavy atom. The van der Waals surface area contributed by atoms with E-state index in [0.29, 0.717) is 12.2 Å². The van der Waals surface area contributed by atoms with Gasteiger partial charge in [-0.15, -0.1) is 0 Å². The second-order valence-corrected chi connectivity index (χ2v) is 8.95. The number of halogens is 1. The van der Waals surface area contributed by atoms with Gasteiger partial charge in [-0.05, 0) is 41.8 Å². The lowest BCUT2D eigenvalue weighted by molar-refractivity contribution is -0.159. The minimum absolute atomic E-state index is 0.0762. The van der Waals surface area contributed by atoms with Crippen LogP contribution in [0, 0.1) is 12.7 Å². The number of fused-ring (bicyclic) bond motifs is 1. The maximum Gasteiger partial charge on any atom is 0.322 e. The molecule has 3 aromatic rings. The summed E-state index contributed by atoms with van der Waals surface area (Å²) in [6.07, 6.45) is 0. The summed E-state index contributed by atoms with van der Waals surface area (Å²) < 4.78 is 13.5. The predicted octanol–water partition coefficient (Wildman–Crippen LogP) is 4.00. The van der Waals surface area contributed by atoms with Gasteiger partial charge in [-0.25, -0.2) is 9.18 Å². The number of carbonyl (C=O) groups excluding carboxylic acids is 2. The molecule has 2 fully saturated rings. The summed E-state index contributed by atoms with van der Waals surface area (Å²) in [6, 6.07) is 21.2. The summed E-state index contributed by atoms with van der Waals surface area (Å²) >= 11 is 0. The fraction of sp³-hybridized carbons (Fsp3) is 0.259. The number of nitrogens with zero attached hydrogens (tertiary/aromatic N) is 2. The highest BCUT2D eigenvalue weighted by Crippen LogP contribution is 2.43. The van der Waals surface area contributed by atoms with Gasteiger partial charge in [0.25, 0.3) is 0 Å². The Labute approximate surface area is 197 Å². The van der Waals surface area contributed by atoms with Gasteiger partial charge in [-0.2, -0.15) is 0 Å². The highest BCUT2D eigenvalue weighted by atomic mass is 19.1. The molecule has 0 bridgehead atoms. The van der Waals surface area contributed by atoms with Crippen molar-refractivity contribution in [1.29, 1.82) is 0 Å². The first-order valence-corrected chi connectivity index (χ1v) is 11.3. The molecule has 2 aliphatic heterocycles. The van der Waals surface area contributed by atoms with Crippen molar-refractivity contribution in [3.05, 3.63) is 89.7 Å². The quantitative estimate of drug-likeness (QED) is 0.619.